The molecule has 0 bridgehead atoms. The van der Waals surface area contributed by atoms with Gasteiger partial charge >= 0.3 is 126 Å². The van der Waals surface area contributed by atoms with E-state index in [1.165, 1.54) is 8.26 Å². The van der Waals surface area contributed by atoms with E-state index in [0.29, 0.717) is 0 Å². The molecule has 0 saturated carbocycles. The number of halogens is 2. The van der Waals surface area contributed by atoms with Gasteiger partial charge in [-0.15, -0.1) is 0 Å². The zero-order valence-electron chi connectivity index (χ0n) is 11.7. The van der Waals surface area contributed by atoms with Crippen LogP contribution in [0.1, 0.15) is 0 Å². The second-order valence-corrected chi connectivity index (χ2v) is 7.76. The molecule has 0 saturated heterocycles. The number of hydrogen-bond acceptors (Lipinski definition) is 2. The predicted molar refractivity (Wildman–Crippen MR) is 73.5 cm³/mol. The predicted octanol–water partition coefficient (Wildman–Crippen LogP) is -1.93. The van der Waals surface area contributed by atoms with E-state index >= 15 is 0 Å². The van der Waals surface area contributed by atoms with Gasteiger partial charge in [-0.2, -0.15) is 0 Å². The third-order valence-electron chi connectivity index (χ3n) is 2.58. The van der Waals surface area contributed by atoms with Crippen LogP contribution in [0.25, 0.3) is 0 Å². The summed E-state index contributed by atoms with van der Waals surface area (Å²) in [6.07, 6.45) is 0. The van der Waals surface area contributed by atoms with Crippen LogP contribution >= 0.6 is 0 Å². The van der Waals surface area contributed by atoms with E-state index in [1.54, 1.807) is 0 Å². The monoisotopic (exact) mass is 402 g/mol. The fourth-order valence-corrected chi connectivity index (χ4v) is 3.47. The molecule has 0 aliphatic carbocycles. The van der Waals surface area contributed by atoms with Crippen LogP contribution in [0.3, 0.4) is 0 Å². The molecule has 0 fully saturated rings. The summed E-state index contributed by atoms with van der Waals surface area (Å²) in [7, 11) is 0. The Kier molecular flexibility index (Phi) is 12.9. The molecule has 2 nitrogen and oxygen atoms in total. The summed E-state index contributed by atoms with van der Waals surface area (Å²) >= 11 is -0.338. The third-order valence-corrected chi connectivity index (χ3v) is 5.32. The van der Waals surface area contributed by atoms with Gasteiger partial charge in [0.2, 0.25) is 0 Å². The molecule has 2 aromatic carbocycles. The van der Waals surface area contributed by atoms with E-state index in [9.17, 15) is 0 Å². The summed E-state index contributed by atoms with van der Waals surface area (Å²) in [5.74, 6) is 1.95. The molecular formula is C16H18Cl2O2Zr. The van der Waals surface area contributed by atoms with Gasteiger partial charge in [0.05, 0.1) is 0 Å². The number of para-hydroxylation sites is 2. The van der Waals surface area contributed by atoms with Crippen LogP contribution in [0.2, 0.25) is 8.26 Å². The van der Waals surface area contributed by atoms with Crippen molar-refractivity contribution in [2.75, 3.05) is 13.2 Å². The Morgan fingerprint density at radius 3 is 1.38 bits per heavy atom. The van der Waals surface area contributed by atoms with E-state index in [2.05, 4.69) is 0 Å². The van der Waals surface area contributed by atoms with Crippen molar-refractivity contribution >= 4 is 0 Å². The van der Waals surface area contributed by atoms with E-state index in [0.717, 1.165) is 24.7 Å². The molecule has 0 spiro atoms. The second-order valence-electron chi connectivity index (χ2n) is 4.07. The topological polar surface area (TPSA) is 18.5 Å². The van der Waals surface area contributed by atoms with Crippen LogP contribution in [-0.2, 0) is 23.2 Å². The first kappa shape index (κ1) is 20.5. The fraction of sp³-hybridized carbons (Fsp3) is 0.250. The average Bonchev–Trinajstić information content (AvgIpc) is 2.48. The minimum absolute atomic E-state index is 0. The summed E-state index contributed by atoms with van der Waals surface area (Å²) in [6, 6.07) is 20.0. The van der Waals surface area contributed by atoms with Crippen LogP contribution in [0.15, 0.2) is 60.7 Å². The molecule has 0 atom stereocenters. The number of ether oxygens (including phenoxy) is 2. The summed E-state index contributed by atoms with van der Waals surface area (Å²) in [5.41, 5.74) is 0. The Hall–Kier alpha value is -0.497. The van der Waals surface area contributed by atoms with Gasteiger partial charge in [0.15, 0.2) is 0 Å². The first-order valence-corrected chi connectivity index (χ1v) is 9.99. The Bertz CT molecular complexity index is 411. The number of hydrogen-bond donors (Lipinski definition) is 0. The van der Waals surface area contributed by atoms with Gasteiger partial charge in [-0.05, 0) is 0 Å². The molecule has 0 N–H and O–H groups in total. The van der Waals surface area contributed by atoms with Gasteiger partial charge in [0.25, 0.3) is 0 Å². The summed E-state index contributed by atoms with van der Waals surface area (Å²) in [6.45, 7) is 1.70. The average molecular weight is 404 g/mol. The minimum atomic E-state index is -0.338. The fourth-order valence-electron chi connectivity index (χ4n) is 1.64. The SMILES string of the molecule is [Cl-].[Cl-].c1ccc(OC[CH2][Zr+2][CH2]COc2ccccc2)cc1. The van der Waals surface area contributed by atoms with E-state index in [4.69, 9.17) is 9.47 Å². The van der Waals surface area contributed by atoms with Gasteiger partial charge in [-0.3, -0.25) is 0 Å². The van der Waals surface area contributed by atoms with Crippen molar-refractivity contribution in [2.45, 2.75) is 8.26 Å². The molecular weight excluding hydrogens is 386 g/mol. The molecule has 5 heteroatoms. The third kappa shape index (κ3) is 9.19. The molecule has 0 aliphatic heterocycles. The van der Waals surface area contributed by atoms with Crippen molar-refractivity contribution in [1.82, 2.24) is 0 Å². The Morgan fingerprint density at radius 1 is 0.619 bits per heavy atom. The van der Waals surface area contributed by atoms with Crippen molar-refractivity contribution in [1.29, 1.82) is 0 Å². The van der Waals surface area contributed by atoms with Gasteiger partial charge in [-0.1, -0.05) is 0 Å². The van der Waals surface area contributed by atoms with Crippen LogP contribution < -0.4 is 34.3 Å². The zero-order valence-corrected chi connectivity index (χ0v) is 15.6. The van der Waals surface area contributed by atoms with Crippen molar-refractivity contribution in [2.24, 2.45) is 0 Å². The van der Waals surface area contributed by atoms with Crippen LogP contribution in [0.5, 0.6) is 11.5 Å². The molecule has 0 aromatic heterocycles. The van der Waals surface area contributed by atoms with Gasteiger partial charge in [0, 0.05) is 0 Å². The number of benzene rings is 2. The molecule has 21 heavy (non-hydrogen) atoms. The Labute approximate surface area is 150 Å². The first-order valence-electron chi connectivity index (χ1n) is 6.51. The van der Waals surface area contributed by atoms with Crippen LogP contribution in [0.4, 0.5) is 0 Å². The standard InChI is InChI=1S/2C8H9O.2ClH.Zr/c2*1-2-9-8-6-4-3-5-7-8;;;/h2*3-7H,1-2H2;2*1H;/q;;;;+2/p-2. The van der Waals surface area contributed by atoms with Crippen molar-refractivity contribution in [3.63, 3.8) is 0 Å². The van der Waals surface area contributed by atoms with Crippen LogP contribution in [0, 0.1) is 0 Å². The summed E-state index contributed by atoms with van der Waals surface area (Å²) in [5, 5.41) is 0. The number of rotatable bonds is 8. The second kappa shape index (κ2) is 13.2. The first-order chi connectivity index (χ1) is 9.45. The summed E-state index contributed by atoms with van der Waals surface area (Å²) < 4.78 is 13.8. The molecule has 2 aromatic rings. The molecule has 112 valence electrons. The van der Waals surface area contributed by atoms with Crippen molar-refractivity contribution in [3.05, 3.63) is 60.7 Å². The maximum absolute atomic E-state index is 5.67. The van der Waals surface area contributed by atoms with Crippen molar-refractivity contribution in [3.8, 4) is 11.5 Å². The molecule has 0 unspecified atom stereocenters. The quantitative estimate of drug-likeness (QED) is 0.478. The molecule has 0 radical (unpaired) electrons. The Balaban J connectivity index is 0.00000200. The van der Waals surface area contributed by atoms with E-state index in [1.807, 2.05) is 60.7 Å². The normalized spacial score (nSPS) is 8.76. The molecule has 0 aliphatic rings. The van der Waals surface area contributed by atoms with Gasteiger partial charge in [-0.25, -0.2) is 0 Å². The van der Waals surface area contributed by atoms with E-state index in [-0.39, 0.29) is 48.0 Å². The van der Waals surface area contributed by atoms with E-state index < -0.39 is 0 Å². The molecule has 0 amide bonds. The van der Waals surface area contributed by atoms with Gasteiger partial charge < -0.3 is 24.8 Å². The molecule has 0 heterocycles. The van der Waals surface area contributed by atoms with Gasteiger partial charge in [0.1, 0.15) is 0 Å². The summed E-state index contributed by atoms with van der Waals surface area (Å²) in [4.78, 5) is 0. The molecule has 2 rings (SSSR count). The van der Waals surface area contributed by atoms with Crippen LogP contribution in [-0.4, -0.2) is 13.2 Å². The maximum atomic E-state index is 5.67. The zero-order chi connectivity index (χ0) is 13.2. The van der Waals surface area contributed by atoms with Crippen molar-refractivity contribution < 1.29 is 57.5 Å². The Morgan fingerprint density at radius 2 is 1.00 bits per heavy atom.